The average molecular weight is 400 g/mol. The van der Waals surface area contributed by atoms with Gasteiger partial charge < -0.3 is 0 Å². The molecule has 0 heterocycles. The van der Waals surface area contributed by atoms with Crippen molar-refractivity contribution < 1.29 is 13.2 Å². The van der Waals surface area contributed by atoms with E-state index in [1.54, 1.807) is 48.5 Å². The second-order valence-corrected chi connectivity index (χ2v) is 14.1. The van der Waals surface area contributed by atoms with Crippen molar-refractivity contribution in [3.63, 3.8) is 0 Å². The first kappa shape index (κ1) is 21.1. The Morgan fingerprint density at radius 1 is 1.00 bits per heavy atom. The molecule has 0 N–H and O–H groups in total. The highest BCUT2D eigenvalue weighted by molar-refractivity contribution is 7.89. The number of hydrogen-bond acceptors (Lipinski definition) is 3. The molecule has 0 atom stereocenters. The van der Waals surface area contributed by atoms with Gasteiger partial charge in [-0.1, -0.05) is 73.6 Å². The van der Waals surface area contributed by atoms with Crippen LogP contribution in [0.1, 0.15) is 15.9 Å². The van der Waals surface area contributed by atoms with E-state index in [0.29, 0.717) is 5.56 Å². The Balaban J connectivity index is 2.34. The summed E-state index contributed by atoms with van der Waals surface area (Å²) in [4.78, 5) is 12.8. The second-order valence-electron chi connectivity index (χ2n) is 7.43. The lowest BCUT2D eigenvalue weighted by Crippen LogP contribution is -2.36. The van der Waals surface area contributed by atoms with E-state index >= 15 is 0 Å². The average Bonchev–Trinajstić information content (AvgIpc) is 2.61. The number of ketones is 1. The first-order valence-electron chi connectivity index (χ1n) is 8.75. The Kier molecular flexibility index (Phi) is 6.77. The summed E-state index contributed by atoms with van der Waals surface area (Å²) in [6, 6.07) is 15.3. The molecule has 0 fully saturated rings. The third-order valence-electron chi connectivity index (χ3n) is 3.79. The van der Waals surface area contributed by atoms with Crippen molar-refractivity contribution in [3.05, 3.63) is 65.7 Å². The van der Waals surface area contributed by atoms with Gasteiger partial charge in [-0.15, -0.1) is 5.54 Å². The zero-order chi connectivity index (χ0) is 20.1. The molecule has 0 unspecified atom stereocenters. The van der Waals surface area contributed by atoms with Crippen LogP contribution in [0.25, 0.3) is 0 Å². The van der Waals surface area contributed by atoms with Crippen LogP contribution >= 0.6 is 0 Å². The maximum atomic E-state index is 13.1. The number of aryl methyl sites for hydroxylation is 1. The fourth-order valence-corrected chi connectivity index (χ4v) is 4.26. The Bertz CT molecular complexity index is 950. The van der Waals surface area contributed by atoms with E-state index < -0.39 is 18.1 Å². The highest BCUT2D eigenvalue weighted by Gasteiger charge is 2.26. The minimum absolute atomic E-state index is 0.000939. The van der Waals surface area contributed by atoms with Gasteiger partial charge in [-0.2, -0.15) is 4.31 Å². The SMILES string of the molecule is Cc1ccc(S(=O)(=O)N(CC#C[Si](C)(C)C)CC(=O)c2ccccc2)cc1. The summed E-state index contributed by atoms with van der Waals surface area (Å²) in [7, 11) is -5.45. The molecule has 0 aliphatic carbocycles. The van der Waals surface area contributed by atoms with Crippen LogP contribution in [0.3, 0.4) is 0 Å². The summed E-state index contributed by atoms with van der Waals surface area (Å²) >= 11 is 0. The van der Waals surface area contributed by atoms with Gasteiger partial charge in [-0.05, 0) is 19.1 Å². The van der Waals surface area contributed by atoms with Crippen molar-refractivity contribution in [2.45, 2.75) is 31.5 Å². The normalized spacial score (nSPS) is 11.7. The zero-order valence-corrected chi connectivity index (χ0v) is 18.0. The van der Waals surface area contributed by atoms with Crippen molar-refractivity contribution in [2.24, 2.45) is 0 Å². The lowest BCUT2D eigenvalue weighted by Gasteiger charge is -2.20. The number of carbonyl (C=O) groups excluding carboxylic acids is 1. The minimum atomic E-state index is -3.81. The van der Waals surface area contributed by atoms with Gasteiger partial charge in [0.25, 0.3) is 0 Å². The molecule has 0 saturated heterocycles. The number of nitrogens with zero attached hydrogens (tertiary/aromatic N) is 1. The number of sulfonamides is 1. The molecule has 6 heteroatoms. The third-order valence-corrected chi connectivity index (χ3v) is 6.53. The van der Waals surface area contributed by atoms with Gasteiger partial charge >= 0.3 is 0 Å². The van der Waals surface area contributed by atoms with Crippen LogP contribution in [0.15, 0.2) is 59.5 Å². The molecule has 0 aliphatic heterocycles. The molecular weight excluding hydrogens is 374 g/mol. The van der Waals surface area contributed by atoms with Gasteiger partial charge in [-0.3, -0.25) is 4.79 Å². The smallest absolute Gasteiger partial charge is 0.244 e. The van der Waals surface area contributed by atoms with Crippen molar-refractivity contribution in [1.29, 1.82) is 0 Å². The van der Waals surface area contributed by atoms with Gasteiger partial charge in [-0.25, -0.2) is 8.42 Å². The van der Waals surface area contributed by atoms with Gasteiger partial charge in [0.1, 0.15) is 8.07 Å². The van der Waals surface area contributed by atoms with E-state index in [9.17, 15) is 13.2 Å². The summed E-state index contributed by atoms with van der Waals surface area (Å²) in [5.74, 6) is 2.73. The predicted molar refractivity (Wildman–Crippen MR) is 112 cm³/mol. The van der Waals surface area contributed by atoms with Crippen LogP contribution < -0.4 is 0 Å². The van der Waals surface area contributed by atoms with Crippen LogP contribution in [0.4, 0.5) is 0 Å². The number of rotatable bonds is 6. The summed E-state index contributed by atoms with van der Waals surface area (Å²) in [6.45, 7) is 7.93. The topological polar surface area (TPSA) is 54.5 Å². The molecule has 142 valence electrons. The molecule has 2 rings (SSSR count). The van der Waals surface area contributed by atoms with Crippen LogP contribution in [-0.2, 0) is 10.0 Å². The summed E-state index contributed by atoms with van der Waals surface area (Å²) in [6.07, 6.45) is 0. The van der Waals surface area contributed by atoms with Crippen LogP contribution in [0.5, 0.6) is 0 Å². The zero-order valence-electron chi connectivity index (χ0n) is 16.2. The van der Waals surface area contributed by atoms with E-state index in [4.69, 9.17) is 0 Å². The summed E-state index contributed by atoms with van der Waals surface area (Å²) < 4.78 is 27.3. The van der Waals surface area contributed by atoms with Gasteiger partial charge in [0.2, 0.25) is 10.0 Å². The molecule has 4 nitrogen and oxygen atoms in total. The van der Waals surface area contributed by atoms with E-state index in [-0.39, 0.29) is 23.8 Å². The van der Waals surface area contributed by atoms with Gasteiger partial charge in [0, 0.05) is 5.56 Å². The number of hydrogen-bond donors (Lipinski definition) is 0. The van der Waals surface area contributed by atoms with Gasteiger partial charge in [0.15, 0.2) is 5.78 Å². The molecule has 0 aromatic heterocycles. The lowest BCUT2D eigenvalue weighted by atomic mass is 10.1. The molecule has 0 radical (unpaired) electrons. The molecular formula is C21H25NO3SSi. The number of benzene rings is 2. The number of carbonyl (C=O) groups is 1. The highest BCUT2D eigenvalue weighted by Crippen LogP contribution is 2.17. The van der Waals surface area contributed by atoms with Crippen LogP contribution in [0, 0.1) is 18.4 Å². The highest BCUT2D eigenvalue weighted by atomic mass is 32.2. The van der Waals surface area contributed by atoms with E-state index in [1.165, 1.54) is 4.31 Å². The Morgan fingerprint density at radius 2 is 1.59 bits per heavy atom. The van der Waals surface area contributed by atoms with Crippen molar-refractivity contribution >= 4 is 23.9 Å². The minimum Gasteiger partial charge on any atom is -0.293 e. The molecule has 27 heavy (non-hydrogen) atoms. The Hall–Kier alpha value is -2.20. The van der Waals surface area contributed by atoms with Crippen molar-refractivity contribution in [3.8, 4) is 11.5 Å². The fraction of sp³-hybridized carbons (Fsp3) is 0.286. The van der Waals surface area contributed by atoms with E-state index in [1.807, 2.05) is 13.0 Å². The summed E-state index contributed by atoms with van der Waals surface area (Å²) in [5.41, 5.74) is 4.63. The quantitative estimate of drug-likeness (QED) is 0.422. The maximum absolute atomic E-state index is 13.1. The maximum Gasteiger partial charge on any atom is 0.244 e. The summed E-state index contributed by atoms with van der Waals surface area (Å²) in [5, 5.41) is 0. The molecule has 0 spiro atoms. The Labute approximate surface area is 163 Å². The molecule has 0 amide bonds. The van der Waals surface area contributed by atoms with Crippen LogP contribution in [-0.4, -0.2) is 39.7 Å². The Morgan fingerprint density at radius 3 is 2.15 bits per heavy atom. The standard InChI is InChI=1S/C21H25NO3SSi/c1-18-11-13-20(14-12-18)26(24,25)22(15-8-16-27(2,3)4)17-21(23)19-9-6-5-7-10-19/h5-7,9-14H,15,17H2,1-4H3. The molecule has 2 aromatic rings. The van der Waals surface area contributed by atoms with E-state index in [0.717, 1.165) is 5.56 Å². The van der Waals surface area contributed by atoms with Crippen molar-refractivity contribution in [2.75, 3.05) is 13.1 Å². The molecule has 0 saturated carbocycles. The second kappa shape index (κ2) is 8.66. The molecule has 2 aromatic carbocycles. The third kappa shape index (κ3) is 6.17. The monoisotopic (exact) mass is 399 g/mol. The van der Waals surface area contributed by atoms with Gasteiger partial charge in [0.05, 0.1) is 18.0 Å². The first-order chi connectivity index (χ1) is 12.6. The predicted octanol–water partition coefficient (Wildman–Crippen LogP) is 3.75. The van der Waals surface area contributed by atoms with E-state index in [2.05, 4.69) is 31.1 Å². The largest absolute Gasteiger partial charge is 0.293 e. The first-order valence-corrected chi connectivity index (χ1v) is 13.7. The lowest BCUT2D eigenvalue weighted by molar-refractivity contribution is 0.0970. The van der Waals surface area contributed by atoms with Crippen LogP contribution in [0.2, 0.25) is 19.6 Å². The van der Waals surface area contributed by atoms with Crippen molar-refractivity contribution in [1.82, 2.24) is 4.31 Å². The number of Topliss-reactive ketones (excluding diaryl/α,β-unsaturated/α-hetero) is 1. The fourth-order valence-electron chi connectivity index (χ4n) is 2.35. The molecule has 0 bridgehead atoms. The molecule has 0 aliphatic rings.